The van der Waals surface area contributed by atoms with Gasteiger partial charge in [-0.3, -0.25) is 9.59 Å². The van der Waals surface area contributed by atoms with E-state index in [1.807, 2.05) is 0 Å². The van der Waals surface area contributed by atoms with Gasteiger partial charge in [0.1, 0.15) is 5.56 Å². The van der Waals surface area contributed by atoms with Gasteiger partial charge in [-0.2, -0.15) is 0 Å². The number of hydrogen-bond acceptors (Lipinski definition) is 4. The van der Waals surface area contributed by atoms with Gasteiger partial charge in [-0.1, -0.05) is 0 Å². The fourth-order valence-electron chi connectivity index (χ4n) is 1.52. The number of amides is 1. The van der Waals surface area contributed by atoms with Crippen LogP contribution < -0.4 is 10.1 Å². The summed E-state index contributed by atoms with van der Waals surface area (Å²) in [6.07, 6.45) is 1.35. The zero-order chi connectivity index (χ0) is 13.8. The first-order valence-electron chi connectivity index (χ1n) is 5.39. The van der Waals surface area contributed by atoms with Gasteiger partial charge in [0, 0.05) is 11.7 Å². The van der Waals surface area contributed by atoms with Crippen molar-refractivity contribution < 1.29 is 19.4 Å². The summed E-state index contributed by atoms with van der Waals surface area (Å²) in [7, 11) is 1.42. The second-order valence-electron chi connectivity index (χ2n) is 4.47. The summed E-state index contributed by atoms with van der Waals surface area (Å²) in [5, 5.41) is 11.4. The quantitative estimate of drug-likeness (QED) is 0.818. The Bertz CT molecular complexity index is 457. The molecule has 1 heterocycles. The van der Waals surface area contributed by atoms with E-state index in [0.717, 1.165) is 0 Å². The molecule has 6 heteroatoms. The van der Waals surface area contributed by atoms with Gasteiger partial charge in [-0.15, -0.1) is 0 Å². The second-order valence-corrected chi connectivity index (χ2v) is 4.47. The summed E-state index contributed by atoms with van der Waals surface area (Å²) >= 11 is 0. The highest BCUT2D eigenvalue weighted by Crippen LogP contribution is 2.16. The standard InChI is InChI=1S/C12H16N2O4/c1-12(2,7-9(15)16)14-10(17)8-5-4-6-13-11(8)18-3/h4-6H,7H2,1-3H3,(H,14,17)(H,15,16). The highest BCUT2D eigenvalue weighted by Gasteiger charge is 2.25. The molecule has 0 radical (unpaired) electrons. The number of carbonyl (C=O) groups excluding carboxylic acids is 1. The number of aliphatic carboxylic acids is 1. The zero-order valence-corrected chi connectivity index (χ0v) is 10.6. The predicted octanol–water partition coefficient (Wildman–Crippen LogP) is 1.07. The molecular weight excluding hydrogens is 236 g/mol. The third-order valence-electron chi connectivity index (χ3n) is 2.25. The molecule has 1 amide bonds. The maximum Gasteiger partial charge on any atom is 0.305 e. The van der Waals surface area contributed by atoms with Gasteiger partial charge >= 0.3 is 5.97 Å². The van der Waals surface area contributed by atoms with Crippen LogP contribution in [0.3, 0.4) is 0 Å². The first-order chi connectivity index (χ1) is 8.35. The molecule has 0 fully saturated rings. The first kappa shape index (κ1) is 14.0. The molecule has 0 spiro atoms. The van der Waals surface area contributed by atoms with Crippen molar-refractivity contribution in [1.29, 1.82) is 0 Å². The summed E-state index contributed by atoms with van der Waals surface area (Å²) < 4.78 is 4.97. The molecule has 0 atom stereocenters. The van der Waals surface area contributed by atoms with E-state index in [-0.39, 0.29) is 17.9 Å². The highest BCUT2D eigenvalue weighted by molar-refractivity contribution is 5.97. The van der Waals surface area contributed by atoms with E-state index in [1.165, 1.54) is 13.3 Å². The summed E-state index contributed by atoms with van der Waals surface area (Å²) in [5.41, 5.74) is -0.567. The molecule has 1 aromatic heterocycles. The summed E-state index contributed by atoms with van der Waals surface area (Å²) in [5.74, 6) is -1.18. The SMILES string of the molecule is COc1ncccc1C(=O)NC(C)(C)CC(=O)O. The van der Waals surface area contributed by atoms with E-state index < -0.39 is 17.4 Å². The van der Waals surface area contributed by atoms with Gasteiger partial charge in [-0.05, 0) is 26.0 Å². The van der Waals surface area contributed by atoms with Crippen molar-refractivity contribution >= 4 is 11.9 Å². The molecule has 1 rings (SSSR count). The van der Waals surface area contributed by atoms with Crippen molar-refractivity contribution in [3.8, 4) is 5.88 Å². The maximum absolute atomic E-state index is 12.0. The largest absolute Gasteiger partial charge is 0.481 e. The Morgan fingerprint density at radius 1 is 1.50 bits per heavy atom. The van der Waals surface area contributed by atoms with Gasteiger partial charge in [0.25, 0.3) is 5.91 Å². The average molecular weight is 252 g/mol. The first-order valence-corrected chi connectivity index (χ1v) is 5.39. The van der Waals surface area contributed by atoms with Crippen molar-refractivity contribution in [1.82, 2.24) is 10.3 Å². The van der Waals surface area contributed by atoms with Crippen LogP contribution in [0, 0.1) is 0 Å². The Balaban J connectivity index is 2.85. The monoisotopic (exact) mass is 252 g/mol. The van der Waals surface area contributed by atoms with Crippen LogP contribution in [0.4, 0.5) is 0 Å². The van der Waals surface area contributed by atoms with Gasteiger partial charge in [0.15, 0.2) is 0 Å². The topological polar surface area (TPSA) is 88.5 Å². The minimum Gasteiger partial charge on any atom is -0.481 e. The molecule has 2 N–H and O–H groups in total. The number of nitrogens with zero attached hydrogens (tertiary/aromatic N) is 1. The Morgan fingerprint density at radius 3 is 2.72 bits per heavy atom. The van der Waals surface area contributed by atoms with E-state index in [4.69, 9.17) is 9.84 Å². The van der Waals surface area contributed by atoms with Gasteiger partial charge in [-0.25, -0.2) is 4.98 Å². The van der Waals surface area contributed by atoms with Crippen molar-refractivity contribution in [3.05, 3.63) is 23.9 Å². The number of aromatic nitrogens is 1. The number of rotatable bonds is 5. The smallest absolute Gasteiger partial charge is 0.305 e. The number of ether oxygens (including phenoxy) is 1. The van der Waals surface area contributed by atoms with Gasteiger partial charge < -0.3 is 15.2 Å². The molecule has 18 heavy (non-hydrogen) atoms. The van der Waals surface area contributed by atoms with Gasteiger partial charge in [0.2, 0.25) is 5.88 Å². The number of pyridine rings is 1. The molecule has 0 aromatic carbocycles. The molecule has 6 nitrogen and oxygen atoms in total. The molecule has 0 bridgehead atoms. The fourth-order valence-corrected chi connectivity index (χ4v) is 1.52. The van der Waals surface area contributed by atoms with Crippen molar-refractivity contribution in [3.63, 3.8) is 0 Å². The minimum absolute atomic E-state index is 0.165. The van der Waals surface area contributed by atoms with Gasteiger partial charge in [0.05, 0.1) is 13.5 Å². The molecule has 98 valence electrons. The lowest BCUT2D eigenvalue weighted by Gasteiger charge is -2.24. The van der Waals surface area contributed by atoms with Crippen LogP contribution in [0.25, 0.3) is 0 Å². The number of carboxylic acid groups (broad SMARTS) is 1. The number of methoxy groups -OCH3 is 1. The molecule has 0 aliphatic carbocycles. The number of nitrogens with one attached hydrogen (secondary N) is 1. The third kappa shape index (κ3) is 3.73. The fraction of sp³-hybridized carbons (Fsp3) is 0.417. The summed E-state index contributed by atoms with van der Waals surface area (Å²) in [6.45, 7) is 3.28. The minimum atomic E-state index is -0.974. The van der Waals surface area contributed by atoms with Crippen molar-refractivity contribution in [2.45, 2.75) is 25.8 Å². The Morgan fingerprint density at radius 2 is 2.17 bits per heavy atom. The molecule has 0 saturated carbocycles. The lowest BCUT2D eigenvalue weighted by molar-refractivity contribution is -0.138. The van der Waals surface area contributed by atoms with Crippen LogP contribution in [-0.4, -0.2) is 34.6 Å². The second kappa shape index (κ2) is 5.48. The highest BCUT2D eigenvalue weighted by atomic mass is 16.5. The molecule has 0 unspecified atom stereocenters. The lowest BCUT2D eigenvalue weighted by atomic mass is 10.0. The third-order valence-corrected chi connectivity index (χ3v) is 2.25. The maximum atomic E-state index is 12.0. The van der Waals surface area contributed by atoms with Crippen LogP contribution in [0.1, 0.15) is 30.6 Å². The molecule has 0 aliphatic rings. The van der Waals surface area contributed by atoms with Crippen molar-refractivity contribution in [2.75, 3.05) is 7.11 Å². The Labute approximate surface area is 105 Å². The van der Waals surface area contributed by atoms with E-state index in [1.54, 1.807) is 26.0 Å². The van der Waals surface area contributed by atoms with Crippen LogP contribution in [0.5, 0.6) is 5.88 Å². The predicted molar refractivity (Wildman–Crippen MR) is 64.6 cm³/mol. The van der Waals surface area contributed by atoms with E-state index in [9.17, 15) is 9.59 Å². The Hall–Kier alpha value is -2.11. The summed E-state index contributed by atoms with van der Waals surface area (Å²) in [6, 6.07) is 3.18. The molecule has 1 aromatic rings. The van der Waals surface area contributed by atoms with E-state index in [2.05, 4.69) is 10.3 Å². The number of carbonyl (C=O) groups is 2. The van der Waals surface area contributed by atoms with Crippen LogP contribution in [0.15, 0.2) is 18.3 Å². The normalized spacial score (nSPS) is 10.8. The van der Waals surface area contributed by atoms with Crippen LogP contribution in [0.2, 0.25) is 0 Å². The Kier molecular flexibility index (Phi) is 4.25. The average Bonchev–Trinajstić information content (AvgIpc) is 2.26. The van der Waals surface area contributed by atoms with Crippen molar-refractivity contribution in [2.24, 2.45) is 0 Å². The zero-order valence-electron chi connectivity index (χ0n) is 10.6. The van der Waals surface area contributed by atoms with E-state index >= 15 is 0 Å². The summed E-state index contributed by atoms with van der Waals surface area (Å²) in [4.78, 5) is 26.6. The lowest BCUT2D eigenvalue weighted by Crippen LogP contribution is -2.45. The molecule has 0 saturated heterocycles. The number of carboxylic acids is 1. The van der Waals surface area contributed by atoms with Crippen LogP contribution in [-0.2, 0) is 4.79 Å². The number of hydrogen-bond donors (Lipinski definition) is 2. The van der Waals surface area contributed by atoms with E-state index in [0.29, 0.717) is 0 Å². The van der Waals surface area contributed by atoms with Crippen LogP contribution >= 0.6 is 0 Å². The molecular formula is C12H16N2O4. The molecule has 0 aliphatic heterocycles.